The number of hydrogen-bond acceptors (Lipinski definition) is 4. The van der Waals surface area contributed by atoms with Gasteiger partial charge in [-0.25, -0.2) is 0 Å². The van der Waals surface area contributed by atoms with Gasteiger partial charge in [-0.3, -0.25) is 9.59 Å². The van der Waals surface area contributed by atoms with Gasteiger partial charge in [-0.1, -0.05) is 12.1 Å². The Balaban J connectivity index is 1.93. The third-order valence-corrected chi connectivity index (χ3v) is 4.47. The Labute approximate surface area is 136 Å². The van der Waals surface area contributed by atoms with Crippen LogP contribution in [0.5, 0.6) is 0 Å². The van der Waals surface area contributed by atoms with Gasteiger partial charge in [0.25, 0.3) is 5.91 Å². The number of anilines is 1. The van der Waals surface area contributed by atoms with E-state index < -0.39 is 0 Å². The van der Waals surface area contributed by atoms with E-state index in [-0.39, 0.29) is 23.8 Å². The van der Waals surface area contributed by atoms with Gasteiger partial charge in [0.15, 0.2) is 6.04 Å². The van der Waals surface area contributed by atoms with Crippen LogP contribution in [0.2, 0.25) is 0 Å². The minimum absolute atomic E-state index is 0.0571. The van der Waals surface area contributed by atoms with Crippen LogP contribution in [0, 0.1) is 17.2 Å². The number of piperidine rings is 1. The minimum Gasteiger partial charge on any atom is -0.469 e. The third kappa shape index (κ3) is 4.08. The van der Waals surface area contributed by atoms with Gasteiger partial charge in [-0.15, -0.1) is 0 Å². The third-order valence-electron chi connectivity index (χ3n) is 4.47. The Morgan fingerprint density at radius 3 is 2.61 bits per heavy atom. The van der Waals surface area contributed by atoms with Gasteiger partial charge >= 0.3 is 5.97 Å². The molecule has 1 aliphatic heterocycles. The van der Waals surface area contributed by atoms with Crippen molar-refractivity contribution in [3.8, 4) is 6.07 Å². The first-order chi connectivity index (χ1) is 11.1. The van der Waals surface area contributed by atoms with Gasteiger partial charge in [-0.2, -0.15) is 5.26 Å². The van der Waals surface area contributed by atoms with E-state index in [0.717, 1.165) is 30.8 Å². The van der Waals surface area contributed by atoms with Crippen LogP contribution in [0.3, 0.4) is 0 Å². The largest absolute Gasteiger partial charge is 0.469 e. The maximum absolute atomic E-state index is 12.4. The molecule has 2 rings (SSSR count). The molecule has 23 heavy (non-hydrogen) atoms. The molecule has 1 heterocycles. The zero-order valence-corrected chi connectivity index (χ0v) is 13.5. The number of para-hydroxylation sites is 1. The summed E-state index contributed by atoms with van der Waals surface area (Å²) in [5.74, 6) is -0.332. The Bertz CT molecular complexity index is 616. The minimum atomic E-state index is -0.236. The van der Waals surface area contributed by atoms with E-state index in [2.05, 4.69) is 11.4 Å². The summed E-state index contributed by atoms with van der Waals surface area (Å²) in [6, 6.07) is 8.79. The molecule has 1 aromatic carbocycles. The normalized spacial score (nSPS) is 21.8. The fraction of sp³-hybridized carbons (Fsp3) is 0.471. The topological polar surface area (TPSA) is 83.6 Å². The van der Waals surface area contributed by atoms with Crippen molar-refractivity contribution in [1.82, 2.24) is 0 Å². The molecular formula is C17H22N3O3+. The highest BCUT2D eigenvalue weighted by molar-refractivity contribution is 5.94. The smallest absolute Gasteiger partial charge is 0.309 e. The molecule has 0 aliphatic carbocycles. The number of likely N-dealkylation sites (tertiary alicyclic amines) is 1. The number of esters is 1. The Hall–Kier alpha value is -2.39. The molecule has 1 aromatic rings. The highest BCUT2D eigenvalue weighted by Crippen LogP contribution is 2.14. The zero-order chi connectivity index (χ0) is 16.8. The van der Waals surface area contributed by atoms with Crippen LogP contribution in [0.4, 0.5) is 5.69 Å². The quantitative estimate of drug-likeness (QED) is 0.785. The lowest BCUT2D eigenvalue weighted by molar-refractivity contribution is -0.919. The fourth-order valence-corrected chi connectivity index (χ4v) is 2.94. The summed E-state index contributed by atoms with van der Waals surface area (Å²) in [7, 11) is 1.41. The first-order valence-electron chi connectivity index (χ1n) is 7.79. The van der Waals surface area contributed by atoms with E-state index in [1.807, 2.05) is 6.92 Å². The summed E-state index contributed by atoms with van der Waals surface area (Å²) in [6.07, 6.45) is 1.46. The molecule has 1 amide bonds. The molecular weight excluding hydrogens is 294 g/mol. The standard InChI is InChI=1S/C17H21N3O3/c1-12(20-9-7-13(8-10-20)17(22)23-2)16(21)19-15-6-4-3-5-14(15)11-18/h3-6,12-13H,7-10H2,1-2H3,(H,19,21)/p+1/t12-/m0/s1. The van der Waals surface area contributed by atoms with Crippen molar-refractivity contribution in [2.45, 2.75) is 25.8 Å². The number of amides is 1. The molecule has 0 radical (unpaired) electrons. The number of quaternary nitrogens is 1. The summed E-state index contributed by atoms with van der Waals surface area (Å²) in [4.78, 5) is 25.1. The molecule has 0 aromatic heterocycles. The summed E-state index contributed by atoms with van der Waals surface area (Å²) in [5.41, 5.74) is 0.989. The average molecular weight is 316 g/mol. The van der Waals surface area contributed by atoms with E-state index in [0.29, 0.717) is 11.3 Å². The monoisotopic (exact) mass is 316 g/mol. The van der Waals surface area contributed by atoms with Crippen molar-refractivity contribution in [3.05, 3.63) is 29.8 Å². The lowest BCUT2D eigenvalue weighted by Gasteiger charge is -2.31. The predicted molar refractivity (Wildman–Crippen MR) is 84.7 cm³/mol. The van der Waals surface area contributed by atoms with E-state index in [1.165, 1.54) is 7.11 Å². The lowest BCUT2D eigenvalue weighted by atomic mass is 9.96. The number of nitrogens with zero attached hydrogens (tertiary/aromatic N) is 1. The van der Waals surface area contributed by atoms with Crippen LogP contribution in [0.25, 0.3) is 0 Å². The number of rotatable bonds is 4. The van der Waals surface area contributed by atoms with Crippen molar-refractivity contribution in [2.75, 3.05) is 25.5 Å². The second-order valence-corrected chi connectivity index (χ2v) is 5.82. The van der Waals surface area contributed by atoms with Crippen molar-refractivity contribution >= 4 is 17.6 Å². The Kier molecular flexibility index (Phi) is 5.72. The van der Waals surface area contributed by atoms with Gasteiger partial charge in [0, 0.05) is 12.8 Å². The van der Waals surface area contributed by atoms with Crippen LogP contribution < -0.4 is 10.2 Å². The van der Waals surface area contributed by atoms with Gasteiger partial charge in [0.1, 0.15) is 6.07 Å². The first kappa shape index (κ1) is 17.0. The number of benzene rings is 1. The van der Waals surface area contributed by atoms with Crippen LogP contribution in [0.1, 0.15) is 25.3 Å². The molecule has 6 heteroatoms. The van der Waals surface area contributed by atoms with Gasteiger partial charge < -0.3 is 15.0 Å². The second-order valence-electron chi connectivity index (χ2n) is 5.82. The first-order valence-corrected chi connectivity index (χ1v) is 7.79. The molecule has 0 unspecified atom stereocenters. The molecule has 122 valence electrons. The summed E-state index contributed by atoms with van der Waals surface area (Å²) < 4.78 is 4.78. The zero-order valence-electron chi connectivity index (χ0n) is 13.5. The SMILES string of the molecule is COC(=O)C1CC[NH+]([C@@H](C)C(=O)Nc2ccccc2C#N)CC1. The van der Waals surface area contributed by atoms with E-state index in [4.69, 9.17) is 10.00 Å². The van der Waals surface area contributed by atoms with Crippen LogP contribution in [0.15, 0.2) is 24.3 Å². The Morgan fingerprint density at radius 2 is 2.00 bits per heavy atom. The van der Waals surface area contributed by atoms with Crippen LogP contribution in [-0.4, -0.2) is 38.1 Å². The van der Waals surface area contributed by atoms with Gasteiger partial charge in [0.2, 0.25) is 0 Å². The molecule has 0 spiro atoms. The number of carbonyl (C=O) groups excluding carboxylic acids is 2. The lowest BCUT2D eigenvalue weighted by Crippen LogP contribution is -3.17. The highest BCUT2D eigenvalue weighted by atomic mass is 16.5. The Morgan fingerprint density at radius 1 is 1.35 bits per heavy atom. The van der Waals surface area contributed by atoms with Gasteiger partial charge in [0.05, 0.1) is 37.4 Å². The summed E-state index contributed by atoms with van der Waals surface area (Å²) in [5, 5.41) is 11.9. The number of nitrogens with one attached hydrogen (secondary N) is 2. The number of hydrogen-bond donors (Lipinski definition) is 2. The second kappa shape index (κ2) is 7.75. The number of ether oxygens (including phenoxy) is 1. The number of nitriles is 1. The maximum Gasteiger partial charge on any atom is 0.309 e. The van der Waals surface area contributed by atoms with Crippen LogP contribution in [-0.2, 0) is 14.3 Å². The molecule has 0 saturated carbocycles. The van der Waals surface area contributed by atoms with Crippen molar-refractivity contribution < 1.29 is 19.2 Å². The molecule has 2 N–H and O–H groups in total. The number of methoxy groups -OCH3 is 1. The molecule has 0 bridgehead atoms. The fourth-order valence-electron chi connectivity index (χ4n) is 2.94. The van der Waals surface area contributed by atoms with E-state index in [1.54, 1.807) is 24.3 Å². The summed E-state index contributed by atoms with van der Waals surface area (Å²) >= 11 is 0. The average Bonchev–Trinajstić information content (AvgIpc) is 2.61. The molecule has 1 saturated heterocycles. The highest BCUT2D eigenvalue weighted by Gasteiger charge is 2.33. The maximum atomic E-state index is 12.4. The predicted octanol–water partition coefficient (Wildman–Crippen LogP) is 0.353. The number of carbonyl (C=O) groups is 2. The molecule has 1 atom stereocenters. The summed E-state index contributed by atoms with van der Waals surface area (Å²) in [6.45, 7) is 3.39. The van der Waals surface area contributed by atoms with E-state index in [9.17, 15) is 9.59 Å². The van der Waals surface area contributed by atoms with Crippen molar-refractivity contribution in [3.63, 3.8) is 0 Å². The van der Waals surface area contributed by atoms with Crippen molar-refractivity contribution in [2.24, 2.45) is 5.92 Å². The van der Waals surface area contributed by atoms with Crippen LogP contribution >= 0.6 is 0 Å². The molecule has 1 aliphatic rings. The molecule has 1 fully saturated rings. The van der Waals surface area contributed by atoms with Crippen molar-refractivity contribution in [1.29, 1.82) is 5.26 Å². The molecule has 6 nitrogen and oxygen atoms in total. The van der Waals surface area contributed by atoms with Gasteiger partial charge in [-0.05, 0) is 19.1 Å². The van der Waals surface area contributed by atoms with E-state index >= 15 is 0 Å².